The maximum Gasteiger partial charge on any atom is 0.326 e. The van der Waals surface area contributed by atoms with Gasteiger partial charge in [0.05, 0.1) is 12.7 Å². The third kappa shape index (κ3) is 3.96. The van der Waals surface area contributed by atoms with E-state index in [-0.39, 0.29) is 5.92 Å². The minimum Gasteiger partial charge on any atom is -0.497 e. The average molecular weight is 330 g/mol. The molecule has 0 bridgehead atoms. The van der Waals surface area contributed by atoms with E-state index < -0.39 is 17.9 Å². The molecule has 0 aliphatic rings. The summed E-state index contributed by atoms with van der Waals surface area (Å²) in [5, 5.41) is 11.6. The molecule has 6 heteroatoms. The zero-order chi connectivity index (χ0) is 14.6. The number of aliphatic carboxylic acids is 1. The van der Waals surface area contributed by atoms with Crippen LogP contribution in [0.25, 0.3) is 0 Å². The molecule has 0 saturated heterocycles. The Morgan fingerprint density at radius 2 is 2.00 bits per heavy atom. The molecule has 2 N–H and O–H groups in total. The van der Waals surface area contributed by atoms with E-state index in [0.29, 0.717) is 15.8 Å². The number of nitrogens with one attached hydrogen (secondary N) is 1. The predicted octanol–water partition coefficient (Wildman–Crippen LogP) is 2.30. The first-order chi connectivity index (χ1) is 8.86. The second kappa shape index (κ2) is 6.56. The summed E-state index contributed by atoms with van der Waals surface area (Å²) in [5.74, 6) is -1.18. The predicted molar refractivity (Wildman–Crippen MR) is 74.4 cm³/mol. The molecule has 0 aromatic heterocycles. The molecule has 1 rings (SSSR count). The standard InChI is InChI=1S/C13H16BrNO4/c1-7(2)11(13(17)18)15-12(16)9-6-8(19-3)4-5-10(9)14/h4-7,11H,1-3H3,(H,15,16)(H,17,18)/t11-/m0/s1. The van der Waals surface area contributed by atoms with Crippen molar-refractivity contribution in [3.8, 4) is 5.75 Å². The molecular formula is C13H16BrNO4. The summed E-state index contributed by atoms with van der Waals surface area (Å²) in [6, 6.07) is 4.01. The van der Waals surface area contributed by atoms with Gasteiger partial charge in [-0.25, -0.2) is 4.79 Å². The normalized spacial score (nSPS) is 12.1. The molecule has 104 valence electrons. The largest absolute Gasteiger partial charge is 0.497 e. The van der Waals surface area contributed by atoms with Gasteiger partial charge in [0, 0.05) is 4.47 Å². The van der Waals surface area contributed by atoms with E-state index in [9.17, 15) is 9.59 Å². The minimum absolute atomic E-state index is 0.203. The molecule has 0 radical (unpaired) electrons. The van der Waals surface area contributed by atoms with Gasteiger partial charge in [-0.3, -0.25) is 4.79 Å². The fourth-order valence-corrected chi connectivity index (χ4v) is 1.96. The lowest BCUT2D eigenvalue weighted by atomic mass is 10.0. The number of hydrogen-bond donors (Lipinski definition) is 2. The van der Waals surface area contributed by atoms with Crippen LogP contribution in [0.15, 0.2) is 22.7 Å². The van der Waals surface area contributed by atoms with Crippen molar-refractivity contribution < 1.29 is 19.4 Å². The third-order valence-electron chi connectivity index (χ3n) is 2.64. The van der Waals surface area contributed by atoms with Gasteiger partial charge in [-0.1, -0.05) is 13.8 Å². The van der Waals surface area contributed by atoms with Crippen molar-refractivity contribution in [1.29, 1.82) is 0 Å². The molecule has 1 aromatic rings. The molecule has 1 aromatic carbocycles. The molecule has 0 fully saturated rings. The number of hydrogen-bond acceptors (Lipinski definition) is 3. The van der Waals surface area contributed by atoms with Crippen LogP contribution in [-0.4, -0.2) is 30.1 Å². The number of amides is 1. The smallest absolute Gasteiger partial charge is 0.326 e. The number of ether oxygens (including phenoxy) is 1. The van der Waals surface area contributed by atoms with Gasteiger partial charge in [-0.15, -0.1) is 0 Å². The Bertz CT molecular complexity index is 488. The van der Waals surface area contributed by atoms with E-state index in [1.54, 1.807) is 32.0 Å². The molecule has 0 aliphatic heterocycles. The van der Waals surface area contributed by atoms with Crippen LogP contribution in [-0.2, 0) is 4.79 Å². The van der Waals surface area contributed by atoms with E-state index >= 15 is 0 Å². The topological polar surface area (TPSA) is 75.6 Å². The van der Waals surface area contributed by atoms with Crippen LogP contribution >= 0.6 is 15.9 Å². The van der Waals surface area contributed by atoms with Gasteiger partial charge < -0.3 is 15.2 Å². The van der Waals surface area contributed by atoms with Crippen LogP contribution in [0.4, 0.5) is 0 Å². The van der Waals surface area contributed by atoms with Gasteiger partial charge in [-0.2, -0.15) is 0 Å². The first kappa shape index (κ1) is 15.5. The number of rotatable bonds is 5. The number of carboxylic acids is 1. The summed E-state index contributed by atoms with van der Waals surface area (Å²) in [6.07, 6.45) is 0. The van der Waals surface area contributed by atoms with Crippen molar-refractivity contribution in [1.82, 2.24) is 5.32 Å². The molecule has 0 saturated carbocycles. The lowest BCUT2D eigenvalue weighted by molar-refractivity contribution is -0.140. The minimum atomic E-state index is -1.05. The Morgan fingerprint density at radius 3 is 2.47 bits per heavy atom. The Kier molecular flexibility index (Phi) is 5.35. The summed E-state index contributed by atoms with van der Waals surface area (Å²) >= 11 is 3.26. The van der Waals surface area contributed by atoms with Gasteiger partial charge in [0.1, 0.15) is 11.8 Å². The molecule has 19 heavy (non-hydrogen) atoms. The Morgan fingerprint density at radius 1 is 1.37 bits per heavy atom. The molecule has 1 amide bonds. The van der Waals surface area contributed by atoms with Crippen LogP contribution in [0.2, 0.25) is 0 Å². The Hall–Kier alpha value is -1.56. The van der Waals surface area contributed by atoms with E-state index in [1.165, 1.54) is 7.11 Å². The highest BCUT2D eigenvalue weighted by atomic mass is 79.9. The Labute approximate surface area is 120 Å². The number of methoxy groups -OCH3 is 1. The summed E-state index contributed by atoms with van der Waals surface area (Å²) in [4.78, 5) is 23.2. The summed E-state index contributed by atoms with van der Waals surface area (Å²) in [7, 11) is 1.50. The van der Waals surface area contributed by atoms with Crippen molar-refractivity contribution in [3.63, 3.8) is 0 Å². The number of carboxylic acid groups (broad SMARTS) is 1. The van der Waals surface area contributed by atoms with E-state index in [0.717, 1.165) is 0 Å². The first-order valence-electron chi connectivity index (χ1n) is 5.74. The molecule has 5 nitrogen and oxygen atoms in total. The van der Waals surface area contributed by atoms with Crippen molar-refractivity contribution in [2.24, 2.45) is 5.92 Å². The van der Waals surface area contributed by atoms with E-state index in [4.69, 9.17) is 9.84 Å². The van der Waals surface area contributed by atoms with Crippen LogP contribution in [0.1, 0.15) is 24.2 Å². The number of carbonyl (C=O) groups is 2. The first-order valence-corrected chi connectivity index (χ1v) is 6.53. The van der Waals surface area contributed by atoms with Gasteiger partial charge in [0.25, 0.3) is 5.91 Å². The lowest BCUT2D eigenvalue weighted by Crippen LogP contribution is -2.44. The van der Waals surface area contributed by atoms with Crippen molar-refractivity contribution in [3.05, 3.63) is 28.2 Å². The van der Waals surface area contributed by atoms with Crippen molar-refractivity contribution >= 4 is 27.8 Å². The number of benzene rings is 1. The zero-order valence-electron chi connectivity index (χ0n) is 10.9. The second-order valence-corrected chi connectivity index (χ2v) is 5.23. The third-order valence-corrected chi connectivity index (χ3v) is 3.33. The number of halogens is 1. The van der Waals surface area contributed by atoms with E-state index in [2.05, 4.69) is 21.2 Å². The van der Waals surface area contributed by atoms with Crippen LogP contribution in [0.3, 0.4) is 0 Å². The molecule has 0 aliphatic carbocycles. The summed E-state index contributed by atoms with van der Waals surface area (Å²) < 4.78 is 5.62. The zero-order valence-corrected chi connectivity index (χ0v) is 12.5. The van der Waals surface area contributed by atoms with Crippen LogP contribution in [0.5, 0.6) is 5.75 Å². The highest BCUT2D eigenvalue weighted by molar-refractivity contribution is 9.10. The fraction of sp³-hybridized carbons (Fsp3) is 0.385. The SMILES string of the molecule is COc1ccc(Br)c(C(=O)N[C@H](C(=O)O)C(C)C)c1. The van der Waals surface area contributed by atoms with Crippen LogP contribution in [0, 0.1) is 5.92 Å². The highest BCUT2D eigenvalue weighted by Crippen LogP contribution is 2.22. The quantitative estimate of drug-likeness (QED) is 0.869. The van der Waals surface area contributed by atoms with E-state index in [1.807, 2.05) is 0 Å². The molecular weight excluding hydrogens is 314 g/mol. The lowest BCUT2D eigenvalue weighted by Gasteiger charge is -2.18. The van der Waals surface area contributed by atoms with Gasteiger partial charge in [0.2, 0.25) is 0 Å². The molecule has 0 heterocycles. The molecule has 0 unspecified atom stereocenters. The monoisotopic (exact) mass is 329 g/mol. The van der Waals surface area contributed by atoms with Gasteiger partial charge in [0.15, 0.2) is 0 Å². The van der Waals surface area contributed by atoms with Gasteiger partial charge >= 0.3 is 5.97 Å². The van der Waals surface area contributed by atoms with Crippen molar-refractivity contribution in [2.75, 3.05) is 7.11 Å². The summed E-state index contributed by atoms with van der Waals surface area (Å²) in [6.45, 7) is 3.47. The fourth-order valence-electron chi connectivity index (χ4n) is 1.54. The number of carbonyl (C=O) groups excluding carboxylic acids is 1. The molecule has 1 atom stereocenters. The maximum atomic E-state index is 12.1. The maximum absolute atomic E-state index is 12.1. The Balaban J connectivity index is 2.97. The van der Waals surface area contributed by atoms with Gasteiger partial charge in [-0.05, 0) is 40.0 Å². The molecule has 0 spiro atoms. The average Bonchev–Trinajstić information content (AvgIpc) is 2.35. The van der Waals surface area contributed by atoms with Crippen molar-refractivity contribution in [2.45, 2.75) is 19.9 Å². The highest BCUT2D eigenvalue weighted by Gasteiger charge is 2.24. The summed E-state index contributed by atoms with van der Waals surface area (Å²) in [5.41, 5.74) is 0.339. The second-order valence-electron chi connectivity index (χ2n) is 4.38. The van der Waals surface area contributed by atoms with Crippen LogP contribution < -0.4 is 10.1 Å².